The lowest BCUT2D eigenvalue weighted by molar-refractivity contribution is -0.121. The molecule has 1 heterocycles. The number of fused-ring (bicyclic) bond motifs is 1. The van der Waals surface area contributed by atoms with Crippen molar-refractivity contribution >= 4 is 11.6 Å². The van der Waals surface area contributed by atoms with Crippen LogP contribution in [0.1, 0.15) is 46.1 Å². The Morgan fingerprint density at radius 3 is 2.78 bits per heavy atom. The van der Waals surface area contributed by atoms with Crippen LogP contribution < -0.4 is 10.2 Å². The van der Waals surface area contributed by atoms with Gasteiger partial charge in [-0.15, -0.1) is 0 Å². The summed E-state index contributed by atoms with van der Waals surface area (Å²) in [6, 6.07) is 10.9. The van der Waals surface area contributed by atoms with Crippen LogP contribution in [0.5, 0.6) is 0 Å². The van der Waals surface area contributed by atoms with Gasteiger partial charge in [0.1, 0.15) is 5.54 Å². The molecule has 0 saturated heterocycles. The van der Waals surface area contributed by atoms with Crippen molar-refractivity contribution in [3.05, 3.63) is 29.8 Å². The fourth-order valence-electron chi connectivity index (χ4n) is 3.10. The van der Waals surface area contributed by atoms with E-state index in [0.29, 0.717) is 12.6 Å². The van der Waals surface area contributed by atoms with Gasteiger partial charge in [0.05, 0.1) is 12.6 Å². The predicted molar refractivity (Wildman–Crippen MR) is 93.2 cm³/mol. The molecule has 23 heavy (non-hydrogen) atoms. The number of nitrogens with one attached hydrogen (secondary N) is 1. The summed E-state index contributed by atoms with van der Waals surface area (Å²) in [5, 5.41) is 12.3. The number of nitriles is 1. The van der Waals surface area contributed by atoms with Crippen molar-refractivity contribution in [2.75, 3.05) is 11.4 Å². The van der Waals surface area contributed by atoms with Crippen molar-refractivity contribution in [1.29, 1.82) is 5.26 Å². The topological polar surface area (TPSA) is 56.1 Å². The minimum atomic E-state index is -0.825. The molecule has 0 spiro atoms. The summed E-state index contributed by atoms with van der Waals surface area (Å²) in [4.78, 5) is 14.8. The maximum absolute atomic E-state index is 12.6. The van der Waals surface area contributed by atoms with Gasteiger partial charge in [-0.3, -0.25) is 4.79 Å². The van der Waals surface area contributed by atoms with E-state index >= 15 is 0 Å². The van der Waals surface area contributed by atoms with Gasteiger partial charge in [0.15, 0.2) is 0 Å². The molecule has 0 fully saturated rings. The first-order valence-electron chi connectivity index (χ1n) is 8.48. The van der Waals surface area contributed by atoms with Gasteiger partial charge in [0.25, 0.3) is 0 Å². The third-order valence-electron chi connectivity index (χ3n) is 5.06. The second-order valence-corrected chi connectivity index (χ2v) is 6.87. The highest BCUT2D eigenvalue weighted by Gasteiger charge is 2.32. The minimum Gasteiger partial charge on any atom is -0.359 e. The molecule has 1 aromatic carbocycles. The van der Waals surface area contributed by atoms with Crippen LogP contribution in [0.15, 0.2) is 24.3 Å². The van der Waals surface area contributed by atoms with Gasteiger partial charge < -0.3 is 10.2 Å². The Labute approximate surface area is 139 Å². The molecule has 124 valence electrons. The predicted octanol–water partition coefficient (Wildman–Crippen LogP) is 3.27. The van der Waals surface area contributed by atoms with Crippen molar-refractivity contribution in [2.45, 2.75) is 58.5 Å². The van der Waals surface area contributed by atoms with Crippen LogP contribution in [0.25, 0.3) is 0 Å². The molecule has 1 amide bonds. The molecule has 4 nitrogen and oxygen atoms in total. The lowest BCUT2D eigenvalue weighted by atomic mass is 9.90. The molecule has 0 radical (unpaired) electrons. The number of nitrogens with zero attached hydrogens (tertiary/aromatic N) is 2. The molecular weight excluding hydrogens is 286 g/mol. The van der Waals surface area contributed by atoms with Gasteiger partial charge in [0.2, 0.25) is 5.91 Å². The van der Waals surface area contributed by atoms with Crippen molar-refractivity contribution in [3.63, 3.8) is 0 Å². The molecule has 0 aliphatic carbocycles. The largest absolute Gasteiger partial charge is 0.359 e. The lowest BCUT2D eigenvalue weighted by Gasteiger charge is -2.39. The van der Waals surface area contributed by atoms with Gasteiger partial charge in [-0.2, -0.15) is 5.26 Å². The fourth-order valence-corrected chi connectivity index (χ4v) is 3.10. The molecule has 1 N–H and O–H groups in total. The molecule has 0 unspecified atom stereocenters. The average Bonchev–Trinajstić information content (AvgIpc) is 2.54. The second-order valence-electron chi connectivity index (χ2n) is 6.87. The van der Waals surface area contributed by atoms with Crippen molar-refractivity contribution in [1.82, 2.24) is 5.32 Å². The Morgan fingerprint density at radius 1 is 1.48 bits per heavy atom. The van der Waals surface area contributed by atoms with Crippen molar-refractivity contribution < 1.29 is 4.79 Å². The van der Waals surface area contributed by atoms with Crippen LogP contribution in [0.3, 0.4) is 0 Å². The highest BCUT2D eigenvalue weighted by atomic mass is 16.2. The molecule has 0 saturated carbocycles. The van der Waals surface area contributed by atoms with E-state index in [0.717, 1.165) is 24.9 Å². The minimum absolute atomic E-state index is 0.0621. The quantitative estimate of drug-likeness (QED) is 0.907. The second kappa shape index (κ2) is 7.04. The van der Waals surface area contributed by atoms with Gasteiger partial charge >= 0.3 is 0 Å². The van der Waals surface area contributed by atoms with Crippen LogP contribution >= 0.6 is 0 Å². The van der Waals surface area contributed by atoms with Crippen LogP contribution in [0.4, 0.5) is 5.69 Å². The number of aryl methyl sites for hydroxylation is 1. The van der Waals surface area contributed by atoms with Crippen LogP contribution in [-0.2, 0) is 11.2 Å². The van der Waals surface area contributed by atoms with Gasteiger partial charge in [0, 0.05) is 11.7 Å². The van der Waals surface area contributed by atoms with Crippen LogP contribution in [0.2, 0.25) is 0 Å². The van der Waals surface area contributed by atoms with Gasteiger partial charge in [-0.05, 0) is 43.7 Å². The van der Waals surface area contributed by atoms with E-state index in [4.69, 9.17) is 0 Å². The molecule has 2 atom stereocenters. The summed E-state index contributed by atoms with van der Waals surface area (Å²) in [5.41, 5.74) is 1.63. The maximum Gasteiger partial charge on any atom is 0.240 e. The number of hydrogen-bond donors (Lipinski definition) is 1. The fraction of sp³-hybridized carbons (Fsp3) is 0.579. The van der Waals surface area contributed by atoms with Crippen LogP contribution in [0, 0.1) is 17.2 Å². The molecule has 0 bridgehead atoms. The summed E-state index contributed by atoms with van der Waals surface area (Å²) >= 11 is 0. The number of carbonyl (C=O) groups is 1. The lowest BCUT2D eigenvalue weighted by Crippen LogP contribution is -2.53. The third-order valence-corrected chi connectivity index (χ3v) is 5.06. The van der Waals surface area contributed by atoms with Gasteiger partial charge in [-0.25, -0.2) is 0 Å². The van der Waals surface area contributed by atoms with Crippen LogP contribution in [-0.4, -0.2) is 24.0 Å². The molecule has 0 aromatic heterocycles. The molecule has 1 aliphatic heterocycles. The number of carbonyl (C=O) groups excluding carboxylic acids is 1. The van der Waals surface area contributed by atoms with Crippen molar-refractivity contribution in [3.8, 4) is 6.07 Å². The summed E-state index contributed by atoms with van der Waals surface area (Å²) in [7, 11) is 0. The van der Waals surface area contributed by atoms with E-state index < -0.39 is 5.54 Å². The molecular formula is C19H27N3O. The summed E-state index contributed by atoms with van der Waals surface area (Å²) in [5.74, 6) is -0.0232. The highest BCUT2D eigenvalue weighted by Crippen LogP contribution is 2.31. The zero-order valence-electron chi connectivity index (χ0n) is 14.6. The molecule has 1 aromatic rings. The number of benzene rings is 1. The Kier molecular flexibility index (Phi) is 5.30. The smallest absolute Gasteiger partial charge is 0.240 e. The zero-order valence-corrected chi connectivity index (χ0v) is 14.6. The Bertz CT molecular complexity index is 605. The monoisotopic (exact) mass is 313 g/mol. The number of hydrogen-bond acceptors (Lipinski definition) is 3. The van der Waals surface area contributed by atoms with E-state index in [2.05, 4.69) is 41.4 Å². The number of para-hydroxylation sites is 1. The summed E-state index contributed by atoms with van der Waals surface area (Å²) < 4.78 is 0. The van der Waals surface area contributed by atoms with E-state index in [1.807, 2.05) is 19.9 Å². The number of anilines is 1. The van der Waals surface area contributed by atoms with E-state index in [1.54, 1.807) is 6.92 Å². The summed E-state index contributed by atoms with van der Waals surface area (Å²) in [6.07, 6.45) is 3.15. The van der Waals surface area contributed by atoms with Crippen molar-refractivity contribution in [2.24, 2.45) is 5.92 Å². The Hall–Kier alpha value is -2.02. The first-order valence-corrected chi connectivity index (χ1v) is 8.48. The maximum atomic E-state index is 12.6. The van der Waals surface area contributed by atoms with Gasteiger partial charge in [-0.1, -0.05) is 39.0 Å². The highest BCUT2D eigenvalue weighted by molar-refractivity contribution is 5.83. The Balaban J connectivity index is 2.17. The molecule has 2 rings (SSSR count). The Morgan fingerprint density at radius 2 is 2.17 bits per heavy atom. The molecule has 1 aliphatic rings. The SMILES string of the molecule is CC[C@H]1CCc2ccccc2N1CC(=O)N[C@](C)(C#N)C(C)C. The zero-order chi connectivity index (χ0) is 17.0. The molecule has 4 heteroatoms. The first kappa shape index (κ1) is 17.3. The van der Waals surface area contributed by atoms with E-state index in [-0.39, 0.29) is 11.8 Å². The number of amides is 1. The first-order chi connectivity index (χ1) is 10.9. The standard InChI is InChI=1S/C19H27N3O/c1-5-16-11-10-15-8-6-7-9-17(15)22(16)12-18(23)21-19(4,13-20)14(2)3/h6-9,14,16H,5,10-12H2,1-4H3,(H,21,23)/t16-,19+/m0/s1. The average molecular weight is 313 g/mol. The van der Waals surface area contributed by atoms with E-state index in [9.17, 15) is 10.1 Å². The van der Waals surface area contributed by atoms with E-state index in [1.165, 1.54) is 5.56 Å². The third kappa shape index (κ3) is 3.67. The number of rotatable bonds is 5. The normalized spacial score (nSPS) is 19.7. The summed E-state index contributed by atoms with van der Waals surface area (Å²) in [6.45, 7) is 8.16.